The van der Waals surface area contributed by atoms with Crippen molar-refractivity contribution in [1.82, 2.24) is 15.1 Å². The number of hydrogen-bond acceptors (Lipinski definition) is 3. The Kier molecular flexibility index (Phi) is 6.69. The lowest BCUT2D eigenvalue weighted by Crippen LogP contribution is -2.28. The SMILES string of the molecule is CCCNC(CCC(C)(C)OC)c1cn(C)nc1CC. The molecular weight excluding hydrogens is 250 g/mol. The van der Waals surface area contributed by atoms with Crippen molar-refractivity contribution in [2.24, 2.45) is 7.05 Å². The summed E-state index contributed by atoms with van der Waals surface area (Å²) in [7, 11) is 3.79. The minimum Gasteiger partial charge on any atom is -0.379 e. The molecule has 0 radical (unpaired) electrons. The van der Waals surface area contributed by atoms with E-state index in [0.717, 1.165) is 32.2 Å². The van der Waals surface area contributed by atoms with Crippen LogP contribution in [0.5, 0.6) is 0 Å². The molecule has 0 bridgehead atoms. The van der Waals surface area contributed by atoms with Crippen molar-refractivity contribution < 1.29 is 4.74 Å². The number of aryl methyl sites for hydroxylation is 2. The third kappa shape index (κ3) is 4.91. The second-order valence-electron chi connectivity index (χ2n) is 6.07. The van der Waals surface area contributed by atoms with Crippen molar-refractivity contribution in [3.05, 3.63) is 17.5 Å². The summed E-state index contributed by atoms with van der Waals surface area (Å²) in [6.45, 7) is 9.70. The van der Waals surface area contributed by atoms with E-state index in [-0.39, 0.29) is 5.60 Å². The van der Waals surface area contributed by atoms with Gasteiger partial charge in [0, 0.05) is 32.0 Å². The van der Waals surface area contributed by atoms with Crippen LogP contribution in [0.15, 0.2) is 6.20 Å². The fourth-order valence-corrected chi connectivity index (χ4v) is 2.40. The maximum absolute atomic E-state index is 5.54. The van der Waals surface area contributed by atoms with Gasteiger partial charge in [-0.05, 0) is 46.1 Å². The van der Waals surface area contributed by atoms with Crippen LogP contribution in [0.2, 0.25) is 0 Å². The molecule has 1 rings (SSSR count). The average molecular weight is 281 g/mol. The van der Waals surface area contributed by atoms with Gasteiger partial charge >= 0.3 is 0 Å². The summed E-state index contributed by atoms with van der Waals surface area (Å²) < 4.78 is 7.47. The number of nitrogens with zero attached hydrogens (tertiary/aromatic N) is 2. The van der Waals surface area contributed by atoms with Crippen molar-refractivity contribution in [1.29, 1.82) is 0 Å². The Hall–Kier alpha value is -0.870. The van der Waals surface area contributed by atoms with Gasteiger partial charge in [-0.2, -0.15) is 5.10 Å². The van der Waals surface area contributed by atoms with E-state index in [9.17, 15) is 0 Å². The van der Waals surface area contributed by atoms with Gasteiger partial charge in [0.25, 0.3) is 0 Å². The first-order valence-corrected chi connectivity index (χ1v) is 7.74. The van der Waals surface area contributed by atoms with Gasteiger partial charge in [-0.3, -0.25) is 4.68 Å². The molecule has 1 aromatic rings. The molecule has 0 aliphatic heterocycles. The quantitative estimate of drug-likeness (QED) is 0.755. The summed E-state index contributed by atoms with van der Waals surface area (Å²) in [6.07, 6.45) is 6.38. The Bertz CT molecular complexity index is 398. The molecule has 0 aliphatic carbocycles. The van der Waals surface area contributed by atoms with E-state index in [2.05, 4.69) is 44.3 Å². The van der Waals surface area contributed by atoms with Crippen LogP contribution in [0.25, 0.3) is 0 Å². The average Bonchev–Trinajstić information content (AvgIpc) is 2.80. The number of nitrogens with one attached hydrogen (secondary N) is 1. The van der Waals surface area contributed by atoms with Gasteiger partial charge in [0.1, 0.15) is 0 Å². The number of rotatable bonds is 9. The molecule has 0 saturated heterocycles. The van der Waals surface area contributed by atoms with E-state index in [1.54, 1.807) is 7.11 Å². The van der Waals surface area contributed by atoms with E-state index in [0.29, 0.717) is 6.04 Å². The lowest BCUT2D eigenvalue weighted by atomic mass is 9.94. The monoisotopic (exact) mass is 281 g/mol. The van der Waals surface area contributed by atoms with E-state index in [4.69, 9.17) is 4.74 Å². The predicted octanol–water partition coefficient (Wildman–Crippen LogP) is 3.23. The molecule has 0 aromatic carbocycles. The summed E-state index contributed by atoms with van der Waals surface area (Å²) in [6, 6.07) is 0.369. The minimum atomic E-state index is -0.0687. The summed E-state index contributed by atoms with van der Waals surface area (Å²) >= 11 is 0. The predicted molar refractivity (Wildman–Crippen MR) is 83.9 cm³/mol. The number of ether oxygens (including phenoxy) is 1. The molecule has 0 aliphatic rings. The highest BCUT2D eigenvalue weighted by Crippen LogP contribution is 2.26. The highest BCUT2D eigenvalue weighted by molar-refractivity contribution is 5.21. The Morgan fingerprint density at radius 2 is 2.10 bits per heavy atom. The van der Waals surface area contributed by atoms with Gasteiger partial charge in [-0.15, -0.1) is 0 Å². The van der Waals surface area contributed by atoms with Crippen molar-refractivity contribution in [3.63, 3.8) is 0 Å². The Balaban J connectivity index is 2.82. The fraction of sp³-hybridized carbons (Fsp3) is 0.812. The maximum Gasteiger partial charge on any atom is 0.0669 e. The van der Waals surface area contributed by atoms with E-state index < -0.39 is 0 Å². The van der Waals surface area contributed by atoms with Crippen LogP contribution >= 0.6 is 0 Å². The molecule has 0 fully saturated rings. The second kappa shape index (κ2) is 7.79. The lowest BCUT2D eigenvalue weighted by molar-refractivity contribution is 0.0116. The zero-order valence-electron chi connectivity index (χ0n) is 14.0. The first-order chi connectivity index (χ1) is 9.43. The van der Waals surface area contributed by atoms with Gasteiger partial charge in [-0.25, -0.2) is 0 Å². The fourth-order valence-electron chi connectivity index (χ4n) is 2.40. The van der Waals surface area contributed by atoms with E-state index in [1.807, 2.05) is 11.7 Å². The molecule has 0 amide bonds. The van der Waals surface area contributed by atoms with Crippen LogP contribution in [-0.4, -0.2) is 29.0 Å². The molecule has 4 nitrogen and oxygen atoms in total. The van der Waals surface area contributed by atoms with Crippen LogP contribution in [0.1, 0.15) is 64.3 Å². The van der Waals surface area contributed by atoms with Crippen LogP contribution in [0.4, 0.5) is 0 Å². The summed E-state index contributed by atoms with van der Waals surface area (Å²) in [5, 5.41) is 8.23. The Morgan fingerprint density at radius 3 is 2.65 bits per heavy atom. The highest BCUT2D eigenvalue weighted by atomic mass is 16.5. The van der Waals surface area contributed by atoms with Crippen molar-refractivity contribution >= 4 is 0 Å². The molecule has 4 heteroatoms. The lowest BCUT2D eigenvalue weighted by Gasteiger charge is -2.26. The van der Waals surface area contributed by atoms with Gasteiger partial charge in [0.05, 0.1) is 11.3 Å². The van der Waals surface area contributed by atoms with Gasteiger partial charge < -0.3 is 10.1 Å². The van der Waals surface area contributed by atoms with Gasteiger partial charge in [0.15, 0.2) is 0 Å². The first-order valence-electron chi connectivity index (χ1n) is 7.74. The van der Waals surface area contributed by atoms with Crippen molar-refractivity contribution in [2.45, 2.75) is 65.0 Å². The molecule has 1 heterocycles. The van der Waals surface area contributed by atoms with E-state index in [1.165, 1.54) is 11.3 Å². The third-order valence-electron chi connectivity index (χ3n) is 3.88. The molecule has 1 unspecified atom stereocenters. The number of hydrogen-bond donors (Lipinski definition) is 1. The molecule has 116 valence electrons. The Labute approximate surface area is 123 Å². The number of methoxy groups -OCH3 is 1. The molecule has 1 aromatic heterocycles. The van der Waals surface area contributed by atoms with Gasteiger partial charge in [0.2, 0.25) is 0 Å². The minimum absolute atomic E-state index is 0.0687. The molecule has 20 heavy (non-hydrogen) atoms. The molecule has 0 saturated carbocycles. The molecular formula is C16H31N3O. The normalized spacial score (nSPS) is 13.7. The third-order valence-corrected chi connectivity index (χ3v) is 3.88. The van der Waals surface area contributed by atoms with E-state index >= 15 is 0 Å². The first kappa shape index (κ1) is 17.2. The van der Waals surface area contributed by atoms with Gasteiger partial charge in [-0.1, -0.05) is 13.8 Å². The highest BCUT2D eigenvalue weighted by Gasteiger charge is 2.22. The largest absolute Gasteiger partial charge is 0.379 e. The van der Waals surface area contributed by atoms with Crippen LogP contribution in [0.3, 0.4) is 0 Å². The maximum atomic E-state index is 5.54. The topological polar surface area (TPSA) is 39.1 Å². The van der Waals surface area contributed by atoms with Crippen LogP contribution < -0.4 is 5.32 Å². The van der Waals surface area contributed by atoms with Crippen LogP contribution in [-0.2, 0) is 18.2 Å². The number of aromatic nitrogens is 2. The van der Waals surface area contributed by atoms with Crippen molar-refractivity contribution in [3.8, 4) is 0 Å². The zero-order valence-corrected chi connectivity index (χ0v) is 14.0. The summed E-state index contributed by atoms with van der Waals surface area (Å²) in [4.78, 5) is 0. The summed E-state index contributed by atoms with van der Waals surface area (Å²) in [5.41, 5.74) is 2.48. The molecule has 1 atom stereocenters. The molecule has 1 N–H and O–H groups in total. The smallest absolute Gasteiger partial charge is 0.0669 e. The molecule has 0 spiro atoms. The Morgan fingerprint density at radius 1 is 1.40 bits per heavy atom. The van der Waals surface area contributed by atoms with Crippen molar-refractivity contribution in [2.75, 3.05) is 13.7 Å². The zero-order chi connectivity index (χ0) is 15.2. The standard InChI is InChI=1S/C16H31N3O/c1-7-11-17-15(9-10-16(3,4)20-6)13-12-19(5)18-14(13)8-2/h12,15,17H,7-11H2,1-6H3. The van der Waals surface area contributed by atoms with Crippen LogP contribution in [0, 0.1) is 0 Å². The second-order valence-corrected chi connectivity index (χ2v) is 6.07. The summed E-state index contributed by atoms with van der Waals surface area (Å²) in [5.74, 6) is 0.